The van der Waals surface area contributed by atoms with Crippen molar-refractivity contribution in [3.05, 3.63) is 34.3 Å². The van der Waals surface area contributed by atoms with Crippen LogP contribution in [-0.2, 0) is 0 Å². The molecule has 4 rings (SSSR count). The number of fused-ring (bicyclic) bond motifs is 6. The minimum Gasteiger partial charge on any atom is -0.300 e. The highest BCUT2D eigenvalue weighted by Gasteiger charge is 2.52. The van der Waals surface area contributed by atoms with Gasteiger partial charge in [0.15, 0.2) is 5.78 Å². The summed E-state index contributed by atoms with van der Waals surface area (Å²) in [6.45, 7) is 0. The molecule has 4 unspecified atom stereocenters. The highest BCUT2D eigenvalue weighted by atomic mass is 35.5. The van der Waals surface area contributed by atoms with Crippen molar-refractivity contribution >= 4 is 17.4 Å². The molecule has 3 heteroatoms. The second-order valence-corrected chi connectivity index (χ2v) is 6.36. The van der Waals surface area contributed by atoms with Crippen molar-refractivity contribution in [3.63, 3.8) is 0 Å². The molecule has 3 aliphatic rings. The van der Waals surface area contributed by atoms with Crippen LogP contribution in [-0.4, -0.2) is 29.8 Å². The summed E-state index contributed by atoms with van der Waals surface area (Å²) in [5.41, 5.74) is 2.13. The minimum atomic E-state index is 0.215. The molecule has 0 amide bonds. The maximum atomic E-state index is 12.5. The van der Waals surface area contributed by atoms with Crippen LogP contribution >= 0.6 is 11.6 Å². The van der Waals surface area contributed by atoms with Gasteiger partial charge in [-0.15, -0.1) is 0 Å². The standard InChI is InChI=1S/C15H16ClNO/c1-17-9-3-5-13(17)14-10-4-2-8(16)6-11(10)15(18)12(14)7-9/h2,4,6,9,12-14H,3,5,7H2,1H3. The maximum absolute atomic E-state index is 12.5. The van der Waals surface area contributed by atoms with Crippen LogP contribution < -0.4 is 0 Å². The Bertz CT molecular complexity index is 541. The number of rotatable bonds is 0. The summed E-state index contributed by atoms with van der Waals surface area (Å²) in [4.78, 5) is 15.0. The molecule has 18 heavy (non-hydrogen) atoms. The first-order valence-corrected chi connectivity index (χ1v) is 7.10. The first-order chi connectivity index (χ1) is 8.66. The molecule has 2 bridgehead atoms. The van der Waals surface area contributed by atoms with Gasteiger partial charge in [0.25, 0.3) is 0 Å². The van der Waals surface area contributed by atoms with E-state index in [0.717, 1.165) is 12.0 Å². The fourth-order valence-electron chi connectivity index (χ4n) is 4.39. The van der Waals surface area contributed by atoms with E-state index < -0.39 is 0 Å². The van der Waals surface area contributed by atoms with Gasteiger partial charge in [0.1, 0.15) is 0 Å². The Morgan fingerprint density at radius 3 is 3.00 bits per heavy atom. The van der Waals surface area contributed by atoms with Gasteiger partial charge in [-0.1, -0.05) is 17.7 Å². The normalized spacial score (nSPS) is 37.8. The summed E-state index contributed by atoms with van der Waals surface area (Å²) in [6, 6.07) is 7.04. The lowest BCUT2D eigenvalue weighted by Crippen LogP contribution is -2.44. The number of Topliss-reactive ketones (excluding diaryl/α,β-unsaturated/α-hetero) is 1. The number of nitrogens with zero attached hydrogens (tertiary/aromatic N) is 1. The van der Waals surface area contributed by atoms with Crippen molar-refractivity contribution in [2.24, 2.45) is 5.92 Å². The topological polar surface area (TPSA) is 20.3 Å². The summed E-state index contributed by atoms with van der Waals surface area (Å²) < 4.78 is 0. The molecule has 1 aliphatic carbocycles. The average Bonchev–Trinajstić information content (AvgIpc) is 2.75. The molecular weight excluding hydrogens is 246 g/mol. The van der Waals surface area contributed by atoms with Crippen molar-refractivity contribution < 1.29 is 4.79 Å². The molecule has 4 atom stereocenters. The lowest BCUT2D eigenvalue weighted by atomic mass is 9.80. The third-order valence-electron chi connectivity index (χ3n) is 5.25. The predicted molar refractivity (Wildman–Crippen MR) is 71.2 cm³/mol. The lowest BCUT2D eigenvalue weighted by Gasteiger charge is -2.39. The fraction of sp³-hybridized carbons (Fsp3) is 0.533. The highest BCUT2D eigenvalue weighted by Crippen LogP contribution is 2.52. The number of hydrogen-bond donors (Lipinski definition) is 0. The first kappa shape index (κ1) is 11.0. The number of hydrogen-bond acceptors (Lipinski definition) is 2. The van der Waals surface area contributed by atoms with Gasteiger partial charge in [-0.05, 0) is 44.0 Å². The van der Waals surface area contributed by atoms with E-state index in [2.05, 4.69) is 18.0 Å². The smallest absolute Gasteiger partial charge is 0.167 e. The number of carbonyl (C=O) groups is 1. The van der Waals surface area contributed by atoms with E-state index in [9.17, 15) is 4.79 Å². The third-order valence-corrected chi connectivity index (χ3v) is 5.48. The molecule has 1 aromatic rings. The summed E-state index contributed by atoms with van der Waals surface area (Å²) >= 11 is 6.03. The molecule has 0 N–H and O–H groups in total. The molecule has 94 valence electrons. The predicted octanol–water partition coefficient (Wildman–Crippen LogP) is 3.10. The van der Waals surface area contributed by atoms with Crippen LogP contribution in [0, 0.1) is 5.92 Å². The zero-order valence-electron chi connectivity index (χ0n) is 10.4. The first-order valence-electron chi connectivity index (χ1n) is 6.72. The molecule has 2 aliphatic heterocycles. The number of likely N-dealkylation sites (N-methyl/N-ethyl adjacent to an activating group) is 1. The maximum Gasteiger partial charge on any atom is 0.167 e. The van der Waals surface area contributed by atoms with Crippen molar-refractivity contribution in [3.8, 4) is 0 Å². The molecule has 2 nitrogen and oxygen atoms in total. The molecule has 2 fully saturated rings. The Hall–Kier alpha value is -0.860. The quantitative estimate of drug-likeness (QED) is 0.715. The second-order valence-electron chi connectivity index (χ2n) is 5.93. The Balaban J connectivity index is 1.86. The van der Waals surface area contributed by atoms with Crippen molar-refractivity contribution in [1.29, 1.82) is 0 Å². The largest absolute Gasteiger partial charge is 0.300 e. The van der Waals surface area contributed by atoms with Crippen molar-refractivity contribution in [1.82, 2.24) is 4.90 Å². The lowest BCUT2D eigenvalue weighted by molar-refractivity contribution is 0.0747. The zero-order chi connectivity index (χ0) is 12.4. The fourth-order valence-corrected chi connectivity index (χ4v) is 4.56. The Kier molecular flexibility index (Phi) is 2.19. The van der Waals surface area contributed by atoms with E-state index in [-0.39, 0.29) is 5.92 Å². The van der Waals surface area contributed by atoms with Gasteiger partial charge in [0, 0.05) is 34.5 Å². The minimum absolute atomic E-state index is 0.215. The van der Waals surface area contributed by atoms with Crippen molar-refractivity contribution in [2.75, 3.05) is 7.05 Å². The van der Waals surface area contributed by atoms with E-state index in [1.54, 1.807) is 0 Å². The number of halogens is 1. The molecule has 0 saturated carbocycles. The van der Waals surface area contributed by atoms with Gasteiger partial charge < -0.3 is 0 Å². The number of carbonyl (C=O) groups excluding carboxylic acids is 1. The van der Waals surface area contributed by atoms with E-state index in [1.807, 2.05) is 12.1 Å². The molecule has 2 heterocycles. The number of ketones is 1. The summed E-state index contributed by atoms with van der Waals surface area (Å²) in [5, 5.41) is 0.680. The average molecular weight is 262 g/mol. The van der Waals surface area contributed by atoms with Crippen LogP contribution in [0.2, 0.25) is 5.02 Å². The third kappa shape index (κ3) is 1.25. The highest BCUT2D eigenvalue weighted by molar-refractivity contribution is 6.31. The monoisotopic (exact) mass is 261 g/mol. The summed E-state index contributed by atoms with van der Waals surface area (Å²) in [6.07, 6.45) is 3.52. The molecule has 0 spiro atoms. The van der Waals surface area contributed by atoms with Crippen LogP contribution in [0.5, 0.6) is 0 Å². The van der Waals surface area contributed by atoms with E-state index in [0.29, 0.717) is 28.8 Å². The number of piperidine rings is 1. The molecule has 2 saturated heterocycles. The summed E-state index contributed by atoms with van der Waals surface area (Å²) in [7, 11) is 2.22. The molecule has 0 aromatic heterocycles. The van der Waals surface area contributed by atoms with E-state index >= 15 is 0 Å². The molecular formula is C15H16ClNO. The van der Waals surface area contributed by atoms with Crippen LogP contribution in [0.1, 0.15) is 41.1 Å². The SMILES string of the molecule is CN1C2CCC1C1c3ccc(Cl)cc3C(=O)C1C2. The second kappa shape index (κ2) is 3.58. The van der Waals surface area contributed by atoms with Gasteiger partial charge in [-0.2, -0.15) is 0 Å². The zero-order valence-corrected chi connectivity index (χ0v) is 11.2. The van der Waals surface area contributed by atoms with Gasteiger partial charge >= 0.3 is 0 Å². The van der Waals surface area contributed by atoms with Gasteiger partial charge in [-0.3, -0.25) is 9.69 Å². The Morgan fingerprint density at radius 2 is 2.17 bits per heavy atom. The van der Waals surface area contributed by atoms with E-state index in [4.69, 9.17) is 11.6 Å². The van der Waals surface area contributed by atoms with Gasteiger partial charge in [0.05, 0.1) is 0 Å². The Morgan fingerprint density at radius 1 is 1.33 bits per heavy atom. The van der Waals surface area contributed by atoms with Gasteiger partial charge in [0.2, 0.25) is 0 Å². The van der Waals surface area contributed by atoms with E-state index in [1.165, 1.54) is 18.4 Å². The van der Waals surface area contributed by atoms with Crippen LogP contribution in [0.25, 0.3) is 0 Å². The molecule has 0 radical (unpaired) electrons. The van der Waals surface area contributed by atoms with Gasteiger partial charge in [-0.25, -0.2) is 0 Å². The van der Waals surface area contributed by atoms with Crippen LogP contribution in [0.3, 0.4) is 0 Å². The van der Waals surface area contributed by atoms with Crippen LogP contribution in [0.15, 0.2) is 18.2 Å². The number of benzene rings is 1. The summed E-state index contributed by atoms with van der Waals surface area (Å²) in [5.74, 6) is 0.961. The molecule has 1 aromatic carbocycles. The van der Waals surface area contributed by atoms with Crippen molar-refractivity contribution in [2.45, 2.75) is 37.3 Å². The Labute approximate surface area is 112 Å². The van der Waals surface area contributed by atoms with Crippen LogP contribution in [0.4, 0.5) is 0 Å².